The van der Waals surface area contributed by atoms with Crippen LogP contribution in [0.5, 0.6) is 5.75 Å². The van der Waals surface area contributed by atoms with Crippen molar-refractivity contribution in [2.75, 3.05) is 7.11 Å². The molecule has 0 radical (unpaired) electrons. The van der Waals surface area contributed by atoms with Crippen molar-refractivity contribution in [2.24, 2.45) is 11.7 Å². The molecule has 0 aromatic heterocycles. The predicted octanol–water partition coefficient (Wildman–Crippen LogP) is 4.30. The van der Waals surface area contributed by atoms with Crippen molar-refractivity contribution in [2.45, 2.75) is 51.0 Å². The Kier molecular flexibility index (Phi) is 4.91. The smallest absolute Gasteiger partial charge is 0.122 e. The molecule has 0 bridgehead atoms. The second-order valence-corrected chi connectivity index (χ2v) is 6.78. The fraction of sp³-hybridized carbons (Fsp3) is 0.625. The highest BCUT2D eigenvalue weighted by atomic mass is 79.9. The van der Waals surface area contributed by atoms with Gasteiger partial charge in [0.25, 0.3) is 0 Å². The molecule has 1 aromatic carbocycles. The molecular formula is C16H24BrNO. The topological polar surface area (TPSA) is 35.2 Å². The highest BCUT2D eigenvalue weighted by Gasteiger charge is 2.32. The summed E-state index contributed by atoms with van der Waals surface area (Å²) in [6.07, 6.45) is 7.01. The lowest BCUT2D eigenvalue weighted by Gasteiger charge is -2.38. The van der Waals surface area contributed by atoms with E-state index in [1.165, 1.54) is 24.8 Å². The summed E-state index contributed by atoms with van der Waals surface area (Å²) < 4.78 is 6.56. The minimum absolute atomic E-state index is 0.0625. The van der Waals surface area contributed by atoms with Crippen molar-refractivity contribution < 1.29 is 4.74 Å². The zero-order valence-corrected chi connectivity index (χ0v) is 13.5. The number of benzene rings is 1. The van der Waals surface area contributed by atoms with Crippen LogP contribution >= 0.6 is 15.9 Å². The van der Waals surface area contributed by atoms with Gasteiger partial charge in [-0.1, -0.05) is 42.1 Å². The lowest BCUT2D eigenvalue weighted by molar-refractivity contribution is 0.217. The first-order valence-corrected chi connectivity index (χ1v) is 7.97. The first-order chi connectivity index (χ1) is 9.06. The number of halogens is 1. The molecule has 1 aliphatic carbocycles. The molecular weight excluding hydrogens is 302 g/mol. The zero-order valence-electron chi connectivity index (χ0n) is 11.9. The molecule has 0 saturated heterocycles. The van der Waals surface area contributed by atoms with Gasteiger partial charge in [0.2, 0.25) is 0 Å². The summed E-state index contributed by atoms with van der Waals surface area (Å²) in [5.74, 6) is 1.74. The molecule has 2 unspecified atom stereocenters. The summed E-state index contributed by atoms with van der Waals surface area (Å²) in [7, 11) is 1.73. The molecule has 1 aliphatic rings. The molecule has 2 atom stereocenters. The number of nitrogens with two attached hydrogens (primary N) is 1. The van der Waals surface area contributed by atoms with Gasteiger partial charge in [0.1, 0.15) is 5.75 Å². The zero-order chi connectivity index (χ0) is 13.9. The number of rotatable bonds is 4. The van der Waals surface area contributed by atoms with Crippen LogP contribution in [-0.4, -0.2) is 12.6 Å². The number of ether oxygens (including phenoxy) is 1. The fourth-order valence-electron chi connectivity index (χ4n) is 3.30. The number of hydrogen-bond acceptors (Lipinski definition) is 2. The molecule has 0 heterocycles. The summed E-state index contributed by atoms with van der Waals surface area (Å²) in [4.78, 5) is 0. The Morgan fingerprint density at radius 2 is 2.26 bits per heavy atom. The van der Waals surface area contributed by atoms with E-state index in [2.05, 4.69) is 28.9 Å². The maximum atomic E-state index is 6.66. The van der Waals surface area contributed by atoms with Crippen molar-refractivity contribution in [1.82, 2.24) is 0 Å². The highest BCUT2D eigenvalue weighted by molar-refractivity contribution is 9.10. The second-order valence-electron chi connectivity index (χ2n) is 5.87. The number of hydrogen-bond donors (Lipinski definition) is 1. The molecule has 1 fully saturated rings. The Hall–Kier alpha value is -0.540. The highest BCUT2D eigenvalue weighted by Crippen LogP contribution is 2.36. The molecule has 0 spiro atoms. The molecule has 0 amide bonds. The Morgan fingerprint density at radius 3 is 2.95 bits per heavy atom. The summed E-state index contributed by atoms with van der Waals surface area (Å²) in [6.45, 7) is 2.27. The Morgan fingerprint density at radius 1 is 1.47 bits per heavy atom. The van der Waals surface area contributed by atoms with E-state index in [-0.39, 0.29) is 5.54 Å². The van der Waals surface area contributed by atoms with Gasteiger partial charge in [-0.05, 0) is 48.9 Å². The van der Waals surface area contributed by atoms with E-state index in [0.29, 0.717) is 0 Å². The molecule has 1 saturated carbocycles. The van der Waals surface area contributed by atoms with E-state index in [1.54, 1.807) is 7.11 Å². The molecule has 0 aliphatic heterocycles. The van der Waals surface area contributed by atoms with E-state index in [1.807, 2.05) is 12.1 Å². The van der Waals surface area contributed by atoms with Crippen LogP contribution in [0.2, 0.25) is 0 Å². The van der Waals surface area contributed by atoms with Crippen molar-refractivity contribution in [1.29, 1.82) is 0 Å². The summed E-state index contributed by atoms with van der Waals surface area (Å²) >= 11 is 3.54. The lowest BCUT2D eigenvalue weighted by Crippen LogP contribution is -2.46. The van der Waals surface area contributed by atoms with Gasteiger partial charge in [0, 0.05) is 10.0 Å². The first kappa shape index (κ1) is 14.9. The van der Waals surface area contributed by atoms with Crippen molar-refractivity contribution >= 4 is 15.9 Å². The minimum Gasteiger partial charge on any atom is -0.496 e. The van der Waals surface area contributed by atoms with Gasteiger partial charge in [0.15, 0.2) is 0 Å². The summed E-state index contributed by atoms with van der Waals surface area (Å²) in [6, 6.07) is 6.17. The average Bonchev–Trinajstić information content (AvgIpc) is 2.38. The SMILES string of the molecule is CCC1CCCC(N)(Cc2cc(Br)ccc2OC)C1. The van der Waals surface area contributed by atoms with Crippen LogP contribution in [0, 0.1) is 5.92 Å². The Bertz CT molecular complexity index is 435. The number of methoxy groups -OCH3 is 1. The van der Waals surface area contributed by atoms with E-state index in [4.69, 9.17) is 10.5 Å². The van der Waals surface area contributed by atoms with Gasteiger partial charge in [-0.15, -0.1) is 0 Å². The molecule has 106 valence electrons. The Balaban J connectivity index is 2.17. The second kappa shape index (κ2) is 6.27. The van der Waals surface area contributed by atoms with Crippen molar-refractivity contribution in [3.8, 4) is 5.75 Å². The van der Waals surface area contributed by atoms with Gasteiger partial charge in [-0.2, -0.15) is 0 Å². The molecule has 2 nitrogen and oxygen atoms in total. The van der Waals surface area contributed by atoms with Crippen LogP contribution in [0.15, 0.2) is 22.7 Å². The quantitative estimate of drug-likeness (QED) is 0.895. The summed E-state index contributed by atoms with van der Waals surface area (Å²) in [5.41, 5.74) is 7.82. The van der Waals surface area contributed by atoms with Gasteiger partial charge in [-0.25, -0.2) is 0 Å². The van der Waals surface area contributed by atoms with Crippen molar-refractivity contribution in [3.05, 3.63) is 28.2 Å². The van der Waals surface area contributed by atoms with Gasteiger partial charge in [-0.3, -0.25) is 0 Å². The van der Waals surface area contributed by atoms with Crippen LogP contribution in [0.3, 0.4) is 0 Å². The van der Waals surface area contributed by atoms with E-state index >= 15 is 0 Å². The minimum atomic E-state index is -0.0625. The third-order valence-corrected chi connectivity index (χ3v) is 4.84. The predicted molar refractivity (Wildman–Crippen MR) is 83.6 cm³/mol. The average molecular weight is 326 g/mol. The van der Waals surface area contributed by atoms with Gasteiger partial charge >= 0.3 is 0 Å². The monoisotopic (exact) mass is 325 g/mol. The lowest BCUT2D eigenvalue weighted by atomic mass is 9.72. The van der Waals surface area contributed by atoms with Crippen LogP contribution < -0.4 is 10.5 Å². The molecule has 2 N–H and O–H groups in total. The van der Waals surface area contributed by atoms with Gasteiger partial charge in [0.05, 0.1) is 7.11 Å². The standard InChI is InChI=1S/C16H24BrNO/c1-3-12-5-4-8-16(18,10-12)11-13-9-14(17)6-7-15(13)19-2/h6-7,9,12H,3-5,8,10-11,18H2,1-2H3. The largest absolute Gasteiger partial charge is 0.496 e. The van der Waals surface area contributed by atoms with Crippen LogP contribution in [-0.2, 0) is 6.42 Å². The fourth-order valence-corrected chi connectivity index (χ4v) is 3.70. The van der Waals surface area contributed by atoms with E-state index in [0.717, 1.165) is 35.4 Å². The van der Waals surface area contributed by atoms with Crippen LogP contribution in [0.1, 0.15) is 44.6 Å². The third-order valence-electron chi connectivity index (χ3n) is 4.34. The first-order valence-electron chi connectivity index (χ1n) is 7.17. The maximum absolute atomic E-state index is 6.66. The third kappa shape index (κ3) is 3.73. The van der Waals surface area contributed by atoms with E-state index in [9.17, 15) is 0 Å². The van der Waals surface area contributed by atoms with Gasteiger partial charge < -0.3 is 10.5 Å². The summed E-state index contributed by atoms with van der Waals surface area (Å²) in [5, 5.41) is 0. The molecule has 3 heteroatoms. The molecule has 1 aromatic rings. The van der Waals surface area contributed by atoms with E-state index < -0.39 is 0 Å². The normalized spacial score (nSPS) is 27.3. The molecule has 19 heavy (non-hydrogen) atoms. The Labute approximate surface area is 124 Å². The van der Waals surface area contributed by atoms with Crippen LogP contribution in [0.4, 0.5) is 0 Å². The maximum Gasteiger partial charge on any atom is 0.122 e. The molecule has 2 rings (SSSR count). The van der Waals surface area contributed by atoms with Crippen LogP contribution in [0.25, 0.3) is 0 Å². The van der Waals surface area contributed by atoms with Crippen molar-refractivity contribution in [3.63, 3.8) is 0 Å².